The van der Waals surface area contributed by atoms with Crippen LogP contribution in [0.5, 0.6) is 0 Å². The Balaban J connectivity index is 2.69. The van der Waals surface area contributed by atoms with Crippen molar-refractivity contribution in [2.24, 2.45) is 0 Å². The number of ether oxygens (including phenoxy) is 2. The van der Waals surface area contributed by atoms with E-state index in [2.05, 4.69) is 5.32 Å². The van der Waals surface area contributed by atoms with Gasteiger partial charge in [-0.3, -0.25) is 0 Å². The van der Waals surface area contributed by atoms with Crippen molar-refractivity contribution in [1.82, 2.24) is 5.32 Å². The van der Waals surface area contributed by atoms with Gasteiger partial charge in [-0.05, 0) is 24.6 Å². The number of carbonyl (C=O) groups is 2. The molecular weight excluding hydrogens is 269 g/mol. The zero-order valence-electron chi connectivity index (χ0n) is 11.0. The zero-order chi connectivity index (χ0) is 15.0. The number of esters is 1. The van der Waals surface area contributed by atoms with Gasteiger partial charge in [0.05, 0.1) is 13.2 Å². The molecular formula is C13H16FNO5. The average molecular weight is 285 g/mol. The topological polar surface area (TPSA) is 84.9 Å². The molecule has 0 radical (unpaired) electrons. The minimum Gasteiger partial charge on any atom is -0.465 e. The van der Waals surface area contributed by atoms with Gasteiger partial charge in [-0.1, -0.05) is 12.1 Å². The van der Waals surface area contributed by atoms with Crippen LogP contribution in [0.15, 0.2) is 24.3 Å². The molecule has 0 fully saturated rings. The van der Waals surface area contributed by atoms with E-state index in [1.54, 1.807) is 13.0 Å². The largest absolute Gasteiger partial charge is 0.465 e. The molecule has 20 heavy (non-hydrogen) atoms. The molecule has 7 heteroatoms. The first kappa shape index (κ1) is 15.9. The Morgan fingerprint density at radius 3 is 2.80 bits per heavy atom. The molecule has 0 aliphatic carbocycles. The van der Waals surface area contributed by atoms with E-state index in [9.17, 15) is 14.0 Å². The van der Waals surface area contributed by atoms with Crippen LogP contribution in [0.2, 0.25) is 0 Å². The molecule has 6 nitrogen and oxygen atoms in total. The fourth-order valence-electron chi connectivity index (χ4n) is 1.53. The molecule has 0 aromatic heterocycles. The number of hydrogen-bond acceptors (Lipinski definition) is 4. The van der Waals surface area contributed by atoms with E-state index in [1.165, 1.54) is 18.2 Å². The molecule has 2 N–H and O–H groups in total. The van der Waals surface area contributed by atoms with Crippen molar-refractivity contribution in [3.05, 3.63) is 35.6 Å². The molecule has 1 rings (SSSR count). The van der Waals surface area contributed by atoms with Crippen LogP contribution in [0, 0.1) is 5.82 Å². The van der Waals surface area contributed by atoms with Crippen molar-refractivity contribution in [2.75, 3.05) is 19.8 Å². The summed E-state index contributed by atoms with van der Waals surface area (Å²) < 4.78 is 23.1. The molecule has 0 aliphatic rings. The number of halogens is 1. The lowest BCUT2D eigenvalue weighted by Crippen LogP contribution is -2.29. The van der Waals surface area contributed by atoms with Crippen LogP contribution in [0.25, 0.3) is 0 Å². The van der Waals surface area contributed by atoms with E-state index < -0.39 is 24.0 Å². The number of carboxylic acid groups (broad SMARTS) is 1. The number of hydrogen-bond donors (Lipinski definition) is 2. The maximum Gasteiger partial charge on any atom is 0.404 e. The molecule has 1 aromatic carbocycles. The quantitative estimate of drug-likeness (QED) is 0.745. The summed E-state index contributed by atoms with van der Waals surface area (Å²) in [5.41, 5.74) is 0.433. The molecule has 1 amide bonds. The van der Waals surface area contributed by atoms with E-state index in [-0.39, 0.29) is 19.8 Å². The number of benzene rings is 1. The summed E-state index contributed by atoms with van der Waals surface area (Å²) in [6.07, 6.45) is -2.00. The smallest absolute Gasteiger partial charge is 0.404 e. The average Bonchev–Trinajstić information content (AvgIpc) is 2.38. The van der Waals surface area contributed by atoms with Crippen molar-refractivity contribution in [3.8, 4) is 0 Å². The molecule has 0 saturated carbocycles. The number of amides is 1. The lowest BCUT2D eigenvalue weighted by Gasteiger charge is -2.17. The van der Waals surface area contributed by atoms with Crippen LogP contribution < -0.4 is 5.32 Å². The Morgan fingerprint density at radius 1 is 1.45 bits per heavy atom. The Kier molecular flexibility index (Phi) is 6.45. The second-order valence-electron chi connectivity index (χ2n) is 3.85. The van der Waals surface area contributed by atoms with Gasteiger partial charge in [-0.25, -0.2) is 14.0 Å². The number of rotatable bonds is 7. The van der Waals surface area contributed by atoms with Crippen molar-refractivity contribution in [1.29, 1.82) is 0 Å². The first-order valence-electron chi connectivity index (χ1n) is 6.02. The van der Waals surface area contributed by atoms with E-state index in [1.807, 2.05) is 0 Å². The monoisotopic (exact) mass is 285 g/mol. The first-order valence-corrected chi connectivity index (χ1v) is 6.02. The highest BCUT2D eigenvalue weighted by Gasteiger charge is 2.16. The zero-order valence-corrected chi connectivity index (χ0v) is 11.0. The van der Waals surface area contributed by atoms with E-state index >= 15 is 0 Å². The Labute approximate surface area is 115 Å². The van der Waals surface area contributed by atoms with Gasteiger partial charge in [0.25, 0.3) is 0 Å². The summed E-state index contributed by atoms with van der Waals surface area (Å²) in [6.45, 7) is 1.45. The minimum absolute atomic E-state index is 0.0990. The summed E-state index contributed by atoms with van der Waals surface area (Å²) in [4.78, 5) is 21.7. The van der Waals surface area contributed by atoms with Gasteiger partial charge < -0.3 is 19.9 Å². The highest BCUT2D eigenvalue weighted by molar-refractivity contribution is 5.70. The molecule has 1 atom stereocenters. The van der Waals surface area contributed by atoms with Gasteiger partial charge >= 0.3 is 12.1 Å². The van der Waals surface area contributed by atoms with E-state index in [0.717, 1.165) is 0 Å². The van der Waals surface area contributed by atoms with E-state index in [4.69, 9.17) is 14.6 Å². The van der Waals surface area contributed by atoms with Crippen molar-refractivity contribution in [2.45, 2.75) is 13.0 Å². The highest BCUT2D eigenvalue weighted by Crippen LogP contribution is 2.17. The van der Waals surface area contributed by atoms with Crippen LogP contribution in [0.4, 0.5) is 9.18 Å². The molecule has 0 saturated heterocycles. The van der Waals surface area contributed by atoms with Crippen LogP contribution in [0.3, 0.4) is 0 Å². The molecule has 110 valence electrons. The second-order valence-corrected chi connectivity index (χ2v) is 3.85. The molecule has 0 aliphatic heterocycles. The maximum atomic E-state index is 13.2. The van der Waals surface area contributed by atoms with Crippen LogP contribution in [-0.4, -0.2) is 36.9 Å². The van der Waals surface area contributed by atoms with E-state index in [0.29, 0.717) is 5.56 Å². The lowest BCUT2D eigenvalue weighted by atomic mass is 10.1. The SMILES string of the molecule is CCOC(=O)CO[C@@H](CNC(=O)O)c1cccc(F)c1. The van der Waals surface area contributed by atoms with Crippen LogP contribution >= 0.6 is 0 Å². The third kappa shape index (κ3) is 5.66. The fourth-order valence-corrected chi connectivity index (χ4v) is 1.53. The predicted octanol–water partition coefficient (Wildman–Crippen LogP) is 1.71. The third-order valence-electron chi connectivity index (χ3n) is 2.37. The van der Waals surface area contributed by atoms with Gasteiger partial charge in [-0.2, -0.15) is 0 Å². The third-order valence-corrected chi connectivity index (χ3v) is 2.37. The van der Waals surface area contributed by atoms with Crippen LogP contribution in [0.1, 0.15) is 18.6 Å². The summed E-state index contributed by atoms with van der Waals surface area (Å²) in [7, 11) is 0. The summed E-state index contributed by atoms with van der Waals surface area (Å²) >= 11 is 0. The summed E-state index contributed by atoms with van der Waals surface area (Å²) in [5.74, 6) is -1.04. The second kappa shape index (κ2) is 8.11. The molecule has 0 heterocycles. The van der Waals surface area contributed by atoms with Crippen molar-refractivity contribution in [3.63, 3.8) is 0 Å². The molecule has 0 bridgehead atoms. The van der Waals surface area contributed by atoms with Crippen LogP contribution in [-0.2, 0) is 14.3 Å². The Hall–Kier alpha value is -2.15. The standard InChI is InChI=1S/C13H16FNO5/c1-2-19-12(16)8-20-11(7-15-13(17)18)9-4-3-5-10(14)6-9/h3-6,11,15H,2,7-8H2,1H3,(H,17,18)/t11-/m0/s1. The Morgan fingerprint density at radius 2 is 2.20 bits per heavy atom. The van der Waals surface area contributed by atoms with Crippen molar-refractivity contribution < 1.29 is 28.6 Å². The minimum atomic E-state index is -1.23. The number of nitrogens with one attached hydrogen (secondary N) is 1. The normalized spacial score (nSPS) is 11.7. The molecule has 1 aromatic rings. The van der Waals surface area contributed by atoms with Crippen molar-refractivity contribution >= 4 is 12.1 Å². The lowest BCUT2D eigenvalue weighted by molar-refractivity contribution is -0.150. The Bertz CT molecular complexity index is 466. The highest BCUT2D eigenvalue weighted by atomic mass is 19.1. The predicted molar refractivity (Wildman–Crippen MR) is 67.8 cm³/mol. The summed E-state index contributed by atoms with van der Waals surface area (Å²) in [5, 5.41) is 10.7. The van der Waals surface area contributed by atoms with Gasteiger partial charge in [0, 0.05) is 0 Å². The number of carbonyl (C=O) groups excluding carboxylic acids is 1. The molecule has 0 spiro atoms. The van der Waals surface area contributed by atoms with Gasteiger partial charge in [0.15, 0.2) is 0 Å². The maximum absolute atomic E-state index is 13.2. The van der Waals surface area contributed by atoms with Gasteiger partial charge in [0.1, 0.15) is 18.5 Å². The fraction of sp³-hybridized carbons (Fsp3) is 0.385. The molecule has 0 unspecified atom stereocenters. The first-order chi connectivity index (χ1) is 9.52. The van der Waals surface area contributed by atoms with Gasteiger partial charge in [-0.15, -0.1) is 0 Å². The van der Waals surface area contributed by atoms with Gasteiger partial charge in [0.2, 0.25) is 0 Å². The summed E-state index contributed by atoms with van der Waals surface area (Å²) in [6, 6.07) is 5.55.